The highest BCUT2D eigenvalue weighted by molar-refractivity contribution is 7.10. The molecule has 60 heavy (non-hydrogen) atoms. The second kappa shape index (κ2) is 18.0. The predicted molar refractivity (Wildman–Crippen MR) is 241 cm³/mol. The van der Waals surface area contributed by atoms with Crippen LogP contribution in [0.5, 0.6) is 0 Å². The largest absolute Gasteiger partial charge is 0.360 e. The molecule has 8 rings (SSSR count). The molecule has 2 saturated heterocycles. The van der Waals surface area contributed by atoms with E-state index in [9.17, 15) is 4.79 Å². The average Bonchev–Trinajstić information content (AvgIpc) is 3.97. The van der Waals surface area contributed by atoms with E-state index in [1.807, 2.05) is 113 Å². The van der Waals surface area contributed by atoms with Crippen LogP contribution in [0.4, 0.5) is 4.79 Å². The monoisotopic (exact) mass is 840 g/mol. The van der Waals surface area contributed by atoms with Crippen LogP contribution in [0.3, 0.4) is 0 Å². The number of fused-ring (bicyclic) bond motifs is 2. The fourth-order valence-electron chi connectivity index (χ4n) is 8.53. The van der Waals surface area contributed by atoms with Gasteiger partial charge in [-0.2, -0.15) is 5.10 Å². The smallest absolute Gasteiger partial charge is 0.321 e. The van der Waals surface area contributed by atoms with Gasteiger partial charge in [0.15, 0.2) is 11.6 Å². The van der Waals surface area contributed by atoms with Crippen LogP contribution < -0.4 is 0 Å². The van der Waals surface area contributed by atoms with Crippen LogP contribution >= 0.6 is 11.3 Å². The summed E-state index contributed by atoms with van der Waals surface area (Å²) >= 11 is 1.58. The zero-order chi connectivity index (χ0) is 41.9. The third kappa shape index (κ3) is 9.99. The van der Waals surface area contributed by atoms with Gasteiger partial charge in [-0.15, -0.1) is 11.3 Å². The number of hydrogen-bond acceptors (Lipinski definition) is 7. The van der Waals surface area contributed by atoms with Gasteiger partial charge in [0.1, 0.15) is 18.9 Å². The summed E-state index contributed by atoms with van der Waals surface area (Å²) in [5, 5.41) is 7.67. The van der Waals surface area contributed by atoms with Gasteiger partial charge in [0.05, 0.1) is 23.8 Å². The molecule has 2 aliphatic heterocycles. The first kappa shape index (κ1) is 41.8. The standard InChI is InChI=1S/C49H56N4O5SSi/c1-49(2)57-46-43(28-35-14-8-6-9-15-35)51(32-37-18-12-19-39(26-37)45(54)30-41-20-13-24-59-41)48(55)52(44(47(46)58-49)29-36-16-10-7-11-17-36)33-38-21-22-42-40(27-38)31-50-53(42)34-56-23-25-60(3,4)5/h6-22,24,26-27,31,43-44,46-47H,23,25,28-30,32-34H2,1-5H3/t43-,44-,46+,47+/m1/s1. The fraction of sp³-hybridized carbons (Fsp3) is 0.367. The Morgan fingerprint density at radius 3 is 1.98 bits per heavy atom. The Morgan fingerprint density at radius 1 is 0.767 bits per heavy atom. The summed E-state index contributed by atoms with van der Waals surface area (Å²) < 4.78 is 21.8. The number of Topliss-reactive ketones (excluding diaryl/α,β-unsaturated/α-hetero) is 1. The van der Waals surface area contributed by atoms with E-state index in [-0.39, 0.29) is 23.9 Å². The molecule has 2 amide bonds. The number of ketones is 1. The number of carbonyl (C=O) groups is 2. The molecule has 11 heteroatoms. The molecular weight excluding hydrogens is 785 g/mol. The minimum atomic E-state index is -1.21. The van der Waals surface area contributed by atoms with E-state index >= 15 is 4.79 Å². The number of urea groups is 1. The normalized spacial score (nSPS) is 20.4. The van der Waals surface area contributed by atoms with Crippen molar-refractivity contribution < 1.29 is 23.8 Å². The van der Waals surface area contributed by atoms with Crippen molar-refractivity contribution in [2.75, 3.05) is 6.61 Å². The number of amides is 2. The third-order valence-electron chi connectivity index (χ3n) is 11.6. The Balaban J connectivity index is 1.17. The summed E-state index contributed by atoms with van der Waals surface area (Å²) in [4.78, 5) is 34.3. The Morgan fingerprint density at radius 2 is 1.38 bits per heavy atom. The Bertz CT molecular complexity index is 2380. The van der Waals surface area contributed by atoms with Gasteiger partial charge in [-0.3, -0.25) is 4.79 Å². The minimum absolute atomic E-state index is 0.0538. The van der Waals surface area contributed by atoms with Gasteiger partial charge in [0.25, 0.3) is 0 Å². The molecule has 6 aromatic rings. The highest BCUT2D eigenvalue weighted by Crippen LogP contribution is 2.41. The van der Waals surface area contributed by atoms with E-state index in [1.165, 1.54) is 0 Å². The van der Waals surface area contributed by atoms with Crippen LogP contribution in [0.25, 0.3) is 10.9 Å². The van der Waals surface area contributed by atoms with E-state index in [0.717, 1.165) is 50.7 Å². The lowest BCUT2D eigenvalue weighted by atomic mass is 9.90. The molecule has 9 nitrogen and oxygen atoms in total. The van der Waals surface area contributed by atoms with Crippen molar-refractivity contribution in [3.63, 3.8) is 0 Å². The molecule has 4 heterocycles. The first-order valence-corrected chi connectivity index (χ1v) is 25.7. The van der Waals surface area contributed by atoms with Crippen molar-refractivity contribution >= 4 is 42.1 Å². The molecule has 2 aromatic heterocycles. The van der Waals surface area contributed by atoms with Crippen LogP contribution in [-0.4, -0.2) is 76.2 Å². The van der Waals surface area contributed by atoms with Crippen molar-refractivity contribution in [1.29, 1.82) is 0 Å². The number of rotatable bonds is 16. The highest BCUT2D eigenvalue weighted by Gasteiger charge is 2.55. The second-order valence-corrected chi connectivity index (χ2v) is 24.5. The molecule has 4 atom stereocenters. The molecule has 0 saturated carbocycles. The zero-order valence-corrected chi connectivity index (χ0v) is 37.1. The summed E-state index contributed by atoms with van der Waals surface area (Å²) in [6, 6.07) is 39.0. The van der Waals surface area contributed by atoms with Gasteiger partial charge < -0.3 is 24.0 Å². The van der Waals surface area contributed by atoms with E-state index in [1.54, 1.807) is 11.3 Å². The quantitative estimate of drug-likeness (QED) is 0.0548. The number of hydrogen-bond donors (Lipinski definition) is 0. The summed E-state index contributed by atoms with van der Waals surface area (Å²) in [6.45, 7) is 12.8. The summed E-state index contributed by atoms with van der Waals surface area (Å²) in [7, 11) is -1.21. The third-order valence-corrected chi connectivity index (χ3v) is 14.2. The molecule has 0 unspecified atom stereocenters. The van der Waals surface area contributed by atoms with Gasteiger partial charge in [0, 0.05) is 50.0 Å². The van der Waals surface area contributed by atoms with E-state index in [2.05, 4.69) is 67.2 Å². The van der Waals surface area contributed by atoms with Crippen molar-refractivity contribution in [1.82, 2.24) is 19.6 Å². The fourth-order valence-corrected chi connectivity index (χ4v) is 9.99. The van der Waals surface area contributed by atoms with E-state index < -0.39 is 26.1 Å². The van der Waals surface area contributed by atoms with Gasteiger partial charge in [-0.1, -0.05) is 111 Å². The van der Waals surface area contributed by atoms with Crippen LogP contribution in [0.1, 0.15) is 51.3 Å². The topological polar surface area (TPSA) is 86.1 Å². The first-order valence-electron chi connectivity index (χ1n) is 21.1. The molecule has 0 spiro atoms. The lowest BCUT2D eigenvalue weighted by Gasteiger charge is -2.37. The number of ether oxygens (including phenoxy) is 3. The summed E-state index contributed by atoms with van der Waals surface area (Å²) in [6.07, 6.45) is 2.51. The van der Waals surface area contributed by atoms with Crippen molar-refractivity contribution in [3.8, 4) is 0 Å². The van der Waals surface area contributed by atoms with Crippen LogP contribution in [0.15, 0.2) is 127 Å². The number of nitrogens with zero attached hydrogens (tertiary/aromatic N) is 4. The molecule has 4 aromatic carbocycles. The molecule has 0 bridgehead atoms. The van der Waals surface area contributed by atoms with Crippen molar-refractivity contribution in [3.05, 3.63) is 160 Å². The summed E-state index contributed by atoms with van der Waals surface area (Å²) in [5.74, 6) is -0.826. The van der Waals surface area contributed by atoms with E-state index in [0.29, 0.717) is 44.6 Å². The zero-order valence-electron chi connectivity index (χ0n) is 35.3. The maximum Gasteiger partial charge on any atom is 0.321 e. The average molecular weight is 841 g/mol. The lowest BCUT2D eigenvalue weighted by Crippen LogP contribution is -2.51. The van der Waals surface area contributed by atoms with E-state index in [4.69, 9.17) is 14.2 Å². The summed E-state index contributed by atoms with van der Waals surface area (Å²) in [5.41, 5.74) is 5.72. The van der Waals surface area contributed by atoms with Crippen LogP contribution in [0.2, 0.25) is 25.7 Å². The number of aromatic nitrogens is 2. The van der Waals surface area contributed by atoms with Gasteiger partial charge in [-0.05, 0) is 84.6 Å². The Labute approximate surface area is 358 Å². The molecule has 312 valence electrons. The van der Waals surface area contributed by atoms with Crippen LogP contribution in [0, 0.1) is 0 Å². The first-order chi connectivity index (χ1) is 28.9. The number of benzene rings is 4. The minimum Gasteiger partial charge on any atom is -0.360 e. The lowest BCUT2D eigenvalue weighted by molar-refractivity contribution is -0.157. The van der Waals surface area contributed by atoms with Gasteiger partial charge >= 0.3 is 6.03 Å². The maximum absolute atomic E-state index is 15.7. The molecule has 0 radical (unpaired) electrons. The molecular formula is C49H56N4O5SSi. The Hall–Kier alpha value is -4.91. The molecule has 0 N–H and O–H groups in total. The van der Waals surface area contributed by atoms with Gasteiger partial charge in [-0.25, -0.2) is 9.48 Å². The number of carbonyl (C=O) groups excluding carboxylic acids is 2. The predicted octanol–water partition coefficient (Wildman–Crippen LogP) is 10.0. The SMILES string of the molecule is CC1(C)O[C@@H]2[C@@H](O1)[C@@H](Cc1ccccc1)N(Cc1ccc3c(cnn3COCC[Si](C)(C)C)c1)C(=O)N(Cc1cccc(C(=O)Cc3cccs3)c1)[C@@H]2Cc1ccccc1. The van der Waals surface area contributed by atoms with Crippen LogP contribution in [-0.2, 0) is 53.3 Å². The number of thiophene rings is 1. The van der Waals surface area contributed by atoms with Crippen molar-refractivity contribution in [2.45, 2.75) is 109 Å². The van der Waals surface area contributed by atoms with Crippen molar-refractivity contribution in [2.24, 2.45) is 0 Å². The molecule has 2 aliphatic rings. The maximum atomic E-state index is 15.7. The second-order valence-electron chi connectivity index (χ2n) is 17.9. The molecule has 0 aliphatic carbocycles. The molecule has 2 fully saturated rings. The van der Waals surface area contributed by atoms with Gasteiger partial charge in [0.2, 0.25) is 0 Å². The Kier molecular flexibility index (Phi) is 12.5. The highest BCUT2D eigenvalue weighted by atomic mass is 32.1.